The summed E-state index contributed by atoms with van der Waals surface area (Å²) in [5.41, 5.74) is 2.01. The maximum Gasteiger partial charge on any atom is 0.264 e. The van der Waals surface area contributed by atoms with Crippen molar-refractivity contribution < 1.29 is 9.53 Å². The second kappa shape index (κ2) is 5.90. The Morgan fingerprint density at radius 3 is 2.78 bits per heavy atom. The minimum Gasteiger partial charge on any atom is -0.378 e. The highest BCUT2D eigenvalue weighted by Gasteiger charge is 2.28. The molecule has 0 bridgehead atoms. The summed E-state index contributed by atoms with van der Waals surface area (Å²) in [7, 11) is 0. The van der Waals surface area contributed by atoms with Crippen molar-refractivity contribution in [1.29, 1.82) is 0 Å². The first-order chi connectivity index (χ1) is 11.2. The van der Waals surface area contributed by atoms with E-state index in [1.165, 1.54) is 4.88 Å². The first-order valence-corrected chi connectivity index (χ1v) is 8.61. The highest BCUT2D eigenvalue weighted by molar-refractivity contribution is 7.14. The molecule has 1 amide bonds. The SMILES string of the molecule is Cc1ccc(N2CCc3sc(C(=O)N4CCOCC4)cc32)nn1. The maximum absolute atomic E-state index is 12.6. The van der Waals surface area contributed by atoms with E-state index in [4.69, 9.17) is 4.74 Å². The molecule has 1 saturated heterocycles. The number of carbonyl (C=O) groups excluding carboxylic acids is 1. The van der Waals surface area contributed by atoms with Crippen molar-refractivity contribution in [1.82, 2.24) is 15.1 Å². The molecular formula is C16H18N4O2S. The van der Waals surface area contributed by atoms with E-state index < -0.39 is 0 Å². The Morgan fingerprint density at radius 2 is 2.04 bits per heavy atom. The average molecular weight is 330 g/mol. The van der Waals surface area contributed by atoms with Crippen molar-refractivity contribution in [2.24, 2.45) is 0 Å². The summed E-state index contributed by atoms with van der Waals surface area (Å²) in [6.45, 7) is 5.42. The minimum absolute atomic E-state index is 0.114. The van der Waals surface area contributed by atoms with Crippen LogP contribution in [-0.4, -0.2) is 53.9 Å². The topological polar surface area (TPSA) is 58.6 Å². The molecule has 0 aliphatic carbocycles. The molecule has 2 aromatic rings. The van der Waals surface area contributed by atoms with Crippen molar-refractivity contribution in [3.63, 3.8) is 0 Å². The molecule has 0 saturated carbocycles. The number of fused-ring (bicyclic) bond motifs is 1. The summed E-state index contributed by atoms with van der Waals surface area (Å²) in [4.78, 5) is 18.7. The van der Waals surface area contributed by atoms with Gasteiger partial charge in [0, 0.05) is 30.9 Å². The number of hydrogen-bond donors (Lipinski definition) is 0. The number of aryl methyl sites for hydroxylation is 1. The van der Waals surface area contributed by atoms with E-state index >= 15 is 0 Å². The molecule has 0 radical (unpaired) electrons. The predicted molar refractivity (Wildman–Crippen MR) is 88.5 cm³/mol. The second-order valence-corrected chi connectivity index (χ2v) is 6.89. The van der Waals surface area contributed by atoms with Crippen molar-refractivity contribution in [2.45, 2.75) is 13.3 Å². The molecule has 1 fully saturated rings. The minimum atomic E-state index is 0.114. The molecule has 4 rings (SSSR count). The third-order valence-electron chi connectivity index (χ3n) is 4.21. The van der Waals surface area contributed by atoms with Gasteiger partial charge in [-0.2, -0.15) is 5.10 Å². The van der Waals surface area contributed by atoms with Gasteiger partial charge >= 0.3 is 0 Å². The molecule has 0 spiro atoms. The molecule has 7 heteroatoms. The Labute approximate surface area is 138 Å². The van der Waals surface area contributed by atoms with Crippen LogP contribution in [0.4, 0.5) is 11.5 Å². The number of nitrogens with zero attached hydrogens (tertiary/aromatic N) is 4. The van der Waals surface area contributed by atoms with Gasteiger partial charge in [-0.15, -0.1) is 16.4 Å². The van der Waals surface area contributed by atoms with Crippen LogP contribution in [0.1, 0.15) is 20.2 Å². The lowest BCUT2D eigenvalue weighted by Gasteiger charge is -2.26. The van der Waals surface area contributed by atoms with E-state index in [0.29, 0.717) is 26.3 Å². The summed E-state index contributed by atoms with van der Waals surface area (Å²) in [5.74, 6) is 0.958. The molecule has 2 aliphatic heterocycles. The van der Waals surface area contributed by atoms with Crippen LogP contribution in [0.5, 0.6) is 0 Å². The largest absolute Gasteiger partial charge is 0.378 e. The Bertz CT molecular complexity index is 722. The first kappa shape index (κ1) is 14.6. The highest BCUT2D eigenvalue weighted by atomic mass is 32.1. The average Bonchev–Trinajstić information content (AvgIpc) is 3.16. The van der Waals surface area contributed by atoms with Crippen molar-refractivity contribution in [2.75, 3.05) is 37.7 Å². The van der Waals surface area contributed by atoms with Crippen molar-refractivity contribution in [3.8, 4) is 0 Å². The van der Waals surface area contributed by atoms with Crippen LogP contribution in [0, 0.1) is 6.92 Å². The number of carbonyl (C=O) groups is 1. The molecule has 0 aromatic carbocycles. The van der Waals surface area contributed by atoms with E-state index in [-0.39, 0.29) is 5.91 Å². The second-order valence-electron chi connectivity index (χ2n) is 5.76. The van der Waals surface area contributed by atoms with Gasteiger partial charge in [0.15, 0.2) is 5.82 Å². The third-order valence-corrected chi connectivity index (χ3v) is 5.38. The lowest BCUT2D eigenvalue weighted by molar-refractivity contribution is 0.0306. The molecule has 6 nitrogen and oxygen atoms in total. The third kappa shape index (κ3) is 2.70. The molecule has 0 N–H and O–H groups in total. The van der Waals surface area contributed by atoms with E-state index in [0.717, 1.165) is 35.0 Å². The Morgan fingerprint density at radius 1 is 1.22 bits per heavy atom. The van der Waals surface area contributed by atoms with E-state index in [9.17, 15) is 4.79 Å². The maximum atomic E-state index is 12.6. The summed E-state index contributed by atoms with van der Waals surface area (Å²) >= 11 is 1.60. The number of aromatic nitrogens is 2. The molecule has 23 heavy (non-hydrogen) atoms. The van der Waals surface area contributed by atoms with Gasteiger partial charge in [-0.3, -0.25) is 4.79 Å². The fraction of sp³-hybridized carbons (Fsp3) is 0.438. The number of hydrogen-bond acceptors (Lipinski definition) is 6. The molecule has 0 unspecified atom stereocenters. The van der Waals surface area contributed by atoms with Crippen LogP contribution in [0.15, 0.2) is 18.2 Å². The highest BCUT2D eigenvalue weighted by Crippen LogP contribution is 2.39. The zero-order valence-electron chi connectivity index (χ0n) is 13.0. The number of ether oxygens (including phenoxy) is 1. The lowest BCUT2D eigenvalue weighted by Crippen LogP contribution is -2.40. The Hall–Kier alpha value is -1.99. The van der Waals surface area contributed by atoms with Crippen LogP contribution >= 0.6 is 11.3 Å². The van der Waals surface area contributed by atoms with Gasteiger partial charge < -0.3 is 14.5 Å². The Balaban J connectivity index is 1.59. The van der Waals surface area contributed by atoms with Crippen molar-refractivity contribution in [3.05, 3.63) is 33.6 Å². The monoisotopic (exact) mass is 330 g/mol. The molecule has 2 aromatic heterocycles. The molecule has 2 aliphatic rings. The van der Waals surface area contributed by atoms with Gasteiger partial charge in [-0.1, -0.05) is 0 Å². The number of anilines is 2. The van der Waals surface area contributed by atoms with Crippen LogP contribution in [0.25, 0.3) is 0 Å². The van der Waals surface area contributed by atoms with Gasteiger partial charge in [-0.05, 0) is 25.1 Å². The number of morpholine rings is 1. The van der Waals surface area contributed by atoms with Gasteiger partial charge in [0.1, 0.15) is 0 Å². The van der Waals surface area contributed by atoms with E-state index in [1.807, 2.05) is 30.0 Å². The molecular weight excluding hydrogens is 312 g/mol. The first-order valence-electron chi connectivity index (χ1n) is 7.80. The van der Waals surface area contributed by atoms with Crippen molar-refractivity contribution >= 4 is 28.7 Å². The smallest absolute Gasteiger partial charge is 0.264 e. The van der Waals surface area contributed by atoms with Gasteiger partial charge in [-0.25, -0.2) is 0 Å². The summed E-state index contributed by atoms with van der Waals surface area (Å²) in [6.07, 6.45) is 0.950. The fourth-order valence-corrected chi connectivity index (χ4v) is 4.08. The summed E-state index contributed by atoms with van der Waals surface area (Å²) in [6, 6.07) is 5.96. The standard InChI is InChI=1S/C16H18N4O2S/c1-11-2-3-15(18-17-11)20-5-4-13-12(20)10-14(23-13)16(21)19-6-8-22-9-7-19/h2-3,10H,4-9H2,1H3. The van der Waals surface area contributed by atoms with Gasteiger partial charge in [0.2, 0.25) is 0 Å². The van der Waals surface area contributed by atoms with E-state index in [1.54, 1.807) is 11.3 Å². The number of thiophene rings is 1. The van der Waals surface area contributed by atoms with Crippen LogP contribution in [-0.2, 0) is 11.2 Å². The zero-order valence-corrected chi connectivity index (χ0v) is 13.8. The number of rotatable bonds is 2. The number of amides is 1. The van der Waals surface area contributed by atoms with Crippen LogP contribution in [0.2, 0.25) is 0 Å². The van der Waals surface area contributed by atoms with E-state index in [2.05, 4.69) is 15.1 Å². The molecule has 4 heterocycles. The Kier molecular flexibility index (Phi) is 3.74. The predicted octanol–water partition coefficient (Wildman–Crippen LogP) is 2.01. The van der Waals surface area contributed by atoms with Gasteiger partial charge in [0.25, 0.3) is 5.91 Å². The van der Waals surface area contributed by atoms with Crippen LogP contribution < -0.4 is 4.90 Å². The molecule has 120 valence electrons. The fourth-order valence-electron chi connectivity index (χ4n) is 2.96. The summed E-state index contributed by atoms with van der Waals surface area (Å²) in [5, 5.41) is 8.41. The molecule has 0 atom stereocenters. The quantitative estimate of drug-likeness (QED) is 0.843. The normalized spacial score (nSPS) is 17.4. The summed E-state index contributed by atoms with van der Waals surface area (Å²) < 4.78 is 5.32. The van der Waals surface area contributed by atoms with Crippen LogP contribution in [0.3, 0.4) is 0 Å². The van der Waals surface area contributed by atoms with Gasteiger partial charge in [0.05, 0.1) is 29.5 Å². The zero-order chi connectivity index (χ0) is 15.8. The lowest BCUT2D eigenvalue weighted by atomic mass is 10.3.